The molecule has 0 aromatic heterocycles. The normalized spacial score (nSPS) is 11.5. The summed E-state index contributed by atoms with van der Waals surface area (Å²) < 4.78 is 46.3. The summed E-state index contributed by atoms with van der Waals surface area (Å²) in [7, 11) is 0. The molecule has 7 heteroatoms. The van der Waals surface area contributed by atoms with Crippen LogP contribution in [-0.4, -0.2) is 24.8 Å². The molecule has 0 spiro atoms. The maximum absolute atomic E-state index is 12.2. The van der Waals surface area contributed by atoms with Gasteiger partial charge in [-0.25, -0.2) is 0 Å². The molecule has 1 amide bonds. The molecule has 0 radical (unpaired) electrons. The molecule has 0 bridgehead atoms. The van der Waals surface area contributed by atoms with E-state index in [9.17, 15) is 18.0 Å². The average Bonchev–Trinajstić information content (AvgIpc) is 2.60. The first-order chi connectivity index (χ1) is 12.7. The molecule has 2 rings (SSSR count). The Morgan fingerprint density at radius 1 is 1.00 bits per heavy atom. The standard InChI is InChI=1S/C20H22F3NO3/c1-14(2)27-18-9-7-17(8-10-18)19(25)24-11-15-3-5-16(6-4-15)12-26-13-20(21,22)23/h3-10,14H,11-13H2,1-2H3,(H,24,25). The second-order valence-electron chi connectivity index (χ2n) is 6.30. The minimum atomic E-state index is -4.33. The van der Waals surface area contributed by atoms with E-state index in [0.717, 1.165) is 5.56 Å². The predicted molar refractivity (Wildman–Crippen MR) is 95.5 cm³/mol. The minimum Gasteiger partial charge on any atom is -0.491 e. The van der Waals surface area contributed by atoms with Gasteiger partial charge in [-0.2, -0.15) is 13.2 Å². The van der Waals surface area contributed by atoms with Crippen LogP contribution in [0.2, 0.25) is 0 Å². The number of hydrogen-bond donors (Lipinski definition) is 1. The fraction of sp³-hybridized carbons (Fsp3) is 0.350. The van der Waals surface area contributed by atoms with Crippen molar-refractivity contribution < 1.29 is 27.4 Å². The van der Waals surface area contributed by atoms with Crippen molar-refractivity contribution in [2.45, 2.75) is 39.3 Å². The van der Waals surface area contributed by atoms with Crippen LogP contribution in [0.3, 0.4) is 0 Å². The summed E-state index contributed by atoms with van der Waals surface area (Å²) in [6.45, 7) is 2.78. The van der Waals surface area contributed by atoms with Crippen molar-refractivity contribution in [1.29, 1.82) is 0 Å². The van der Waals surface area contributed by atoms with E-state index < -0.39 is 12.8 Å². The second kappa shape index (κ2) is 9.41. The maximum Gasteiger partial charge on any atom is 0.411 e. The van der Waals surface area contributed by atoms with Gasteiger partial charge in [-0.1, -0.05) is 24.3 Å². The van der Waals surface area contributed by atoms with Gasteiger partial charge in [0, 0.05) is 12.1 Å². The highest BCUT2D eigenvalue weighted by Crippen LogP contribution is 2.16. The summed E-state index contributed by atoms with van der Waals surface area (Å²) in [6, 6.07) is 13.7. The number of halogens is 3. The topological polar surface area (TPSA) is 47.6 Å². The zero-order valence-electron chi connectivity index (χ0n) is 15.2. The predicted octanol–water partition coefficient (Wildman–Crippen LogP) is 4.48. The Hall–Kier alpha value is -2.54. The fourth-order valence-corrected chi connectivity index (χ4v) is 2.28. The highest BCUT2D eigenvalue weighted by molar-refractivity contribution is 5.94. The Morgan fingerprint density at radius 2 is 1.59 bits per heavy atom. The van der Waals surface area contributed by atoms with Crippen LogP contribution in [0.4, 0.5) is 13.2 Å². The quantitative estimate of drug-likeness (QED) is 0.733. The number of amides is 1. The maximum atomic E-state index is 12.2. The molecule has 0 aliphatic rings. The molecule has 0 heterocycles. The second-order valence-corrected chi connectivity index (χ2v) is 6.30. The molecule has 0 aliphatic heterocycles. The third-order valence-electron chi connectivity index (χ3n) is 3.50. The molecule has 0 atom stereocenters. The number of carbonyl (C=O) groups is 1. The van der Waals surface area contributed by atoms with E-state index in [4.69, 9.17) is 4.74 Å². The number of benzene rings is 2. The smallest absolute Gasteiger partial charge is 0.411 e. The van der Waals surface area contributed by atoms with Crippen molar-refractivity contribution in [3.05, 3.63) is 65.2 Å². The zero-order chi connectivity index (χ0) is 19.9. The first-order valence-electron chi connectivity index (χ1n) is 8.50. The molecular formula is C20H22F3NO3. The lowest BCUT2D eigenvalue weighted by molar-refractivity contribution is -0.176. The fourth-order valence-electron chi connectivity index (χ4n) is 2.28. The highest BCUT2D eigenvalue weighted by Gasteiger charge is 2.27. The number of ether oxygens (including phenoxy) is 2. The Bertz CT molecular complexity index is 726. The van der Waals surface area contributed by atoms with Gasteiger partial charge in [-0.05, 0) is 49.2 Å². The molecule has 2 aromatic rings. The number of rotatable bonds is 8. The van der Waals surface area contributed by atoms with E-state index in [1.165, 1.54) is 0 Å². The molecule has 27 heavy (non-hydrogen) atoms. The molecule has 4 nitrogen and oxygen atoms in total. The summed E-state index contributed by atoms with van der Waals surface area (Å²) in [6.07, 6.45) is -4.27. The van der Waals surface area contributed by atoms with E-state index in [2.05, 4.69) is 10.1 Å². The zero-order valence-corrected chi connectivity index (χ0v) is 15.2. The Labute approximate surface area is 156 Å². The SMILES string of the molecule is CC(C)Oc1ccc(C(=O)NCc2ccc(COCC(F)(F)F)cc2)cc1. The largest absolute Gasteiger partial charge is 0.491 e. The van der Waals surface area contributed by atoms with Crippen molar-refractivity contribution >= 4 is 5.91 Å². The first-order valence-corrected chi connectivity index (χ1v) is 8.50. The Morgan fingerprint density at radius 3 is 2.15 bits per heavy atom. The van der Waals surface area contributed by atoms with Gasteiger partial charge >= 0.3 is 6.18 Å². The lowest BCUT2D eigenvalue weighted by Crippen LogP contribution is -2.22. The molecule has 1 N–H and O–H groups in total. The summed E-state index contributed by atoms with van der Waals surface area (Å²) >= 11 is 0. The molecule has 0 unspecified atom stereocenters. The first kappa shape index (κ1) is 20.8. The monoisotopic (exact) mass is 381 g/mol. The van der Waals surface area contributed by atoms with Crippen molar-refractivity contribution in [3.8, 4) is 5.75 Å². The van der Waals surface area contributed by atoms with Crippen LogP contribution in [0.5, 0.6) is 5.75 Å². The van der Waals surface area contributed by atoms with E-state index in [1.807, 2.05) is 13.8 Å². The lowest BCUT2D eigenvalue weighted by Gasteiger charge is -2.10. The van der Waals surface area contributed by atoms with Gasteiger partial charge in [0.2, 0.25) is 0 Å². The van der Waals surface area contributed by atoms with E-state index in [-0.39, 0.29) is 18.6 Å². The van der Waals surface area contributed by atoms with Crippen LogP contribution in [0.15, 0.2) is 48.5 Å². The van der Waals surface area contributed by atoms with Crippen molar-refractivity contribution in [2.24, 2.45) is 0 Å². The van der Waals surface area contributed by atoms with Crippen LogP contribution in [-0.2, 0) is 17.9 Å². The number of nitrogens with one attached hydrogen (secondary N) is 1. The molecular weight excluding hydrogens is 359 g/mol. The van der Waals surface area contributed by atoms with Crippen molar-refractivity contribution in [2.75, 3.05) is 6.61 Å². The van der Waals surface area contributed by atoms with E-state index in [1.54, 1.807) is 48.5 Å². The third kappa shape index (κ3) is 7.70. The van der Waals surface area contributed by atoms with Crippen molar-refractivity contribution in [3.63, 3.8) is 0 Å². The van der Waals surface area contributed by atoms with E-state index >= 15 is 0 Å². The van der Waals surface area contributed by atoms with Crippen LogP contribution >= 0.6 is 0 Å². The third-order valence-corrected chi connectivity index (χ3v) is 3.50. The van der Waals surface area contributed by atoms with Crippen LogP contribution in [0.25, 0.3) is 0 Å². The van der Waals surface area contributed by atoms with Gasteiger partial charge in [0.15, 0.2) is 0 Å². The van der Waals surface area contributed by atoms with Gasteiger partial charge in [0.1, 0.15) is 12.4 Å². The Kier molecular flexibility index (Phi) is 7.24. The minimum absolute atomic E-state index is 0.0616. The van der Waals surface area contributed by atoms with Gasteiger partial charge in [-0.3, -0.25) is 4.79 Å². The molecule has 0 saturated carbocycles. The summed E-state index contributed by atoms with van der Waals surface area (Å²) in [5.74, 6) is 0.480. The van der Waals surface area contributed by atoms with Crippen LogP contribution in [0.1, 0.15) is 35.3 Å². The van der Waals surface area contributed by atoms with Crippen LogP contribution in [0, 0.1) is 0 Å². The highest BCUT2D eigenvalue weighted by atomic mass is 19.4. The lowest BCUT2D eigenvalue weighted by atomic mass is 10.1. The average molecular weight is 381 g/mol. The van der Waals surface area contributed by atoms with E-state index in [0.29, 0.717) is 23.4 Å². The van der Waals surface area contributed by atoms with Gasteiger partial charge in [0.05, 0.1) is 12.7 Å². The molecule has 0 saturated heterocycles. The molecule has 0 fully saturated rings. The molecule has 0 aliphatic carbocycles. The molecule has 146 valence electrons. The number of hydrogen-bond acceptors (Lipinski definition) is 3. The van der Waals surface area contributed by atoms with Crippen molar-refractivity contribution in [1.82, 2.24) is 5.32 Å². The van der Waals surface area contributed by atoms with Crippen LogP contribution < -0.4 is 10.1 Å². The van der Waals surface area contributed by atoms with Gasteiger partial charge < -0.3 is 14.8 Å². The Balaban J connectivity index is 1.81. The molecule has 2 aromatic carbocycles. The number of alkyl halides is 3. The van der Waals surface area contributed by atoms with Gasteiger partial charge in [-0.15, -0.1) is 0 Å². The number of carbonyl (C=O) groups excluding carboxylic acids is 1. The summed E-state index contributed by atoms with van der Waals surface area (Å²) in [5.41, 5.74) is 1.99. The summed E-state index contributed by atoms with van der Waals surface area (Å²) in [5, 5.41) is 2.80. The summed E-state index contributed by atoms with van der Waals surface area (Å²) in [4.78, 5) is 12.2. The van der Waals surface area contributed by atoms with Gasteiger partial charge in [0.25, 0.3) is 5.91 Å².